The molecular weight excluding hydrogens is 421 g/mol. The van der Waals surface area contributed by atoms with E-state index in [0.717, 1.165) is 5.56 Å². The second-order valence-corrected chi connectivity index (χ2v) is 7.97. The molecule has 0 saturated heterocycles. The zero-order chi connectivity index (χ0) is 19.3. The highest BCUT2D eigenvalue weighted by molar-refractivity contribution is 7.83. The van der Waals surface area contributed by atoms with E-state index in [2.05, 4.69) is 5.32 Å². The van der Waals surface area contributed by atoms with Crippen LogP contribution in [0.3, 0.4) is 0 Å². The first-order chi connectivity index (χ1) is 12.3. The Morgan fingerprint density at radius 3 is 2.38 bits per heavy atom. The van der Waals surface area contributed by atoms with Crippen molar-refractivity contribution in [3.8, 4) is 0 Å². The minimum absolute atomic E-state index is 0.169. The third-order valence-corrected chi connectivity index (χ3v) is 4.69. The molecule has 0 aliphatic carbocycles. The standard InChI is InChI=1S/C17H14Cl3NO4S/c1-26(24)9-10-3-2-4-11(5-10)17(23)25-8-15(22)21-16-13(19)6-12(18)7-14(16)20/h2-7H,8-9H2,1H3,(H,21,22). The highest BCUT2D eigenvalue weighted by Gasteiger charge is 2.14. The molecule has 0 aliphatic heterocycles. The summed E-state index contributed by atoms with van der Waals surface area (Å²) >= 11 is 17.8. The van der Waals surface area contributed by atoms with Crippen LogP contribution in [0, 0.1) is 0 Å². The minimum Gasteiger partial charge on any atom is -0.452 e. The summed E-state index contributed by atoms with van der Waals surface area (Å²) in [5, 5.41) is 3.14. The van der Waals surface area contributed by atoms with Crippen molar-refractivity contribution in [3.05, 3.63) is 62.6 Å². The van der Waals surface area contributed by atoms with Gasteiger partial charge in [-0.05, 0) is 29.8 Å². The van der Waals surface area contributed by atoms with E-state index >= 15 is 0 Å². The summed E-state index contributed by atoms with van der Waals surface area (Å²) in [5.41, 5.74) is 1.19. The number of carbonyl (C=O) groups is 2. The van der Waals surface area contributed by atoms with E-state index in [0.29, 0.717) is 10.8 Å². The Balaban J connectivity index is 1.97. The molecule has 9 heteroatoms. The summed E-state index contributed by atoms with van der Waals surface area (Å²) in [6, 6.07) is 9.41. The smallest absolute Gasteiger partial charge is 0.338 e. The summed E-state index contributed by atoms with van der Waals surface area (Å²) in [7, 11) is -1.03. The van der Waals surface area contributed by atoms with Crippen molar-refractivity contribution in [1.82, 2.24) is 0 Å². The second-order valence-electron chi connectivity index (χ2n) is 5.29. The SMILES string of the molecule is CS(=O)Cc1cccc(C(=O)OCC(=O)Nc2c(Cl)cc(Cl)cc2Cl)c1. The number of rotatable bonds is 6. The number of amides is 1. The molecule has 0 saturated carbocycles. The van der Waals surface area contributed by atoms with E-state index in [9.17, 15) is 13.8 Å². The number of anilines is 1. The van der Waals surface area contributed by atoms with Crippen LogP contribution < -0.4 is 5.32 Å². The van der Waals surface area contributed by atoms with Crippen LogP contribution in [-0.4, -0.2) is 28.9 Å². The van der Waals surface area contributed by atoms with Crippen molar-refractivity contribution < 1.29 is 18.5 Å². The molecule has 0 radical (unpaired) electrons. The number of ether oxygens (including phenoxy) is 1. The van der Waals surface area contributed by atoms with E-state index in [1.165, 1.54) is 12.1 Å². The fourth-order valence-electron chi connectivity index (χ4n) is 2.07. The number of benzene rings is 2. The van der Waals surface area contributed by atoms with Gasteiger partial charge in [0.05, 0.1) is 21.3 Å². The fraction of sp³-hybridized carbons (Fsp3) is 0.176. The highest BCUT2D eigenvalue weighted by atomic mass is 35.5. The average Bonchev–Trinajstić information content (AvgIpc) is 2.55. The Bertz CT molecular complexity index is 850. The Hall–Kier alpha value is -1.60. The molecular formula is C17H14Cl3NO4S. The van der Waals surface area contributed by atoms with Crippen molar-refractivity contribution >= 4 is 63.2 Å². The van der Waals surface area contributed by atoms with Gasteiger partial charge in [-0.15, -0.1) is 0 Å². The van der Waals surface area contributed by atoms with Gasteiger partial charge in [-0.25, -0.2) is 4.79 Å². The molecule has 138 valence electrons. The molecule has 1 amide bonds. The number of hydrogen-bond donors (Lipinski definition) is 1. The monoisotopic (exact) mass is 433 g/mol. The molecule has 1 N–H and O–H groups in total. The molecule has 2 aromatic carbocycles. The first-order valence-electron chi connectivity index (χ1n) is 7.26. The topological polar surface area (TPSA) is 72.5 Å². The molecule has 0 aromatic heterocycles. The first-order valence-corrected chi connectivity index (χ1v) is 10.1. The molecule has 2 aromatic rings. The molecule has 0 spiro atoms. The largest absolute Gasteiger partial charge is 0.452 e. The van der Waals surface area contributed by atoms with Gasteiger partial charge in [0.25, 0.3) is 5.91 Å². The summed E-state index contributed by atoms with van der Waals surface area (Å²) in [6.45, 7) is -0.516. The van der Waals surface area contributed by atoms with Crippen LogP contribution in [0.4, 0.5) is 5.69 Å². The number of carbonyl (C=O) groups excluding carboxylic acids is 2. The van der Waals surface area contributed by atoms with Gasteiger partial charge in [-0.2, -0.15) is 0 Å². The Kier molecular flexibility index (Phi) is 7.46. The lowest BCUT2D eigenvalue weighted by molar-refractivity contribution is -0.119. The molecule has 0 fully saturated rings. The Morgan fingerprint density at radius 2 is 1.77 bits per heavy atom. The van der Waals surface area contributed by atoms with Gasteiger partial charge in [0.15, 0.2) is 6.61 Å². The van der Waals surface area contributed by atoms with Crippen molar-refractivity contribution in [2.24, 2.45) is 0 Å². The third kappa shape index (κ3) is 5.99. The first kappa shape index (κ1) is 20.7. The summed E-state index contributed by atoms with van der Waals surface area (Å²) in [5.74, 6) is -0.942. The van der Waals surface area contributed by atoms with Crippen molar-refractivity contribution in [2.45, 2.75) is 5.75 Å². The number of esters is 1. The molecule has 1 atom stereocenters. The Labute approximate surface area is 168 Å². The summed E-state index contributed by atoms with van der Waals surface area (Å²) < 4.78 is 16.3. The number of hydrogen-bond acceptors (Lipinski definition) is 4. The average molecular weight is 435 g/mol. The maximum atomic E-state index is 12.1. The molecule has 2 rings (SSSR count). The van der Waals surface area contributed by atoms with Crippen LogP contribution in [0.1, 0.15) is 15.9 Å². The number of nitrogens with one attached hydrogen (secondary N) is 1. The van der Waals surface area contributed by atoms with Crippen LogP contribution in [0.2, 0.25) is 15.1 Å². The molecule has 5 nitrogen and oxygen atoms in total. The minimum atomic E-state index is -1.03. The van der Waals surface area contributed by atoms with Crippen molar-refractivity contribution in [3.63, 3.8) is 0 Å². The highest BCUT2D eigenvalue weighted by Crippen LogP contribution is 2.33. The second kappa shape index (κ2) is 9.37. The van der Waals surface area contributed by atoms with E-state index in [-0.39, 0.29) is 21.3 Å². The lowest BCUT2D eigenvalue weighted by Crippen LogP contribution is -2.21. The van der Waals surface area contributed by atoms with Gasteiger partial charge in [0.2, 0.25) is 0 Å². The maximum Gasteiger partial charge on any atom is 0.338 e. The lowest BCUT2D eigenvalue weighted by atomic mass is 10.1. The van der Waals surface area contributed by atoms with E-state index < -0.39 is 29.3 Å². The van der Waals surface area contributed by atoms with E-state index in [1.807, 2.05) is 0 Å². The number of halogens is 3. The van der Waals surface area contributed by atoms with Crippen LogP contribution in [0.25, 0.3) is 0 Å². The maximum absolute atomic E-state index is 12.1. The van der Waals surface area contributed by atoms with E-state index in [4.69, 9.17) is 39.5 Å². The molecule has 26 heavy (non-hydrogen) atoms. The molecule has 0 bridgehead atoms. The zero-order valence-corrected chi connectivity index (χ0v) is 16.6. The third-order valence-electron chi connectivity index (χ3n) is 3.14. The molecule has 0 heterocycles. The fourth-order valence-corrected chi connectivity index (χ4v) is 3.63. The van der Waals surface area contributed by atoms with Gasteiger partial charge >= 0.3 is 5.97 Å². The van der Waals surface area contributed by atoms with Crippen LogP contribution >= 0.6 is 34.8 Å². The van der Waals surface area contributed by atoms with Crippen LogP contribution in [-0.2, 0) is 26.1 Å². The van der Waals surface area contributed by atoms with Gasteiger partial charge in [-0.1, -0.05) is 46.9 Å². The van der Waals surface area contributed by atoms with Crippen molar-refractivity contribution in [1.29, 1.82) is 0 Å². The summed E-state index contributed by atoms with van der Waals surface area (Å²) in [6.07, 6.45) is 1.57. The molecule has 0 aliphatic rings. The zero-order valence-electron chi connectivity index (χ0n) is 13.6. The van der Waals surface area contributed by atoms with Gasteiger partial charge in [0.1, 0.15) is 0 Å². The lowest BCUT2D eigenvalue weighted by Gasteiger charge is -2.10. The molecule has 1 unspecified atom stereocenters. The van der Waals surface area contributed by atoms with E-state index in [1.54, 1.807) is 30.5 Å². The van der Waals surface area contributed by atoms with Gasteiger partial charge < -0.3 is 10.1 Å². The van der Waals surface area contributed by atoms with Crippen molar-refractivity contribution in [2.75, 3.05) is 18.2 Å². The predicted octanol–water partition coefficient (Wildman–Crippen LogP) is 4.32. The Morgan fingerprint density at radius 1 is 1.12 bits per heavy atom. The van der Waals surface area contributed by atoms with Crippen LogP contribution in [0.15, 0.2) is 36.4 Å². The normalized spacial score (nSPS) is 11.7. The summed E-state index contributed by atoms with van der Waals surface area (Å²) in [4.78, 5) is 24.0. The quantitative estimate of drug-likeness (QED) is 0.687. The van der Waals surface area contributed by atoms with Gasteiger partial charge in [-0.3, -0.25) is 9.00 Å². The van der Waals surface area contributed by atoms with Crippen LogP contribution in [0.5, 0.6) is 0 Å². The predicted molar refractivity (Wildman–Crippen MR) is 105 cm³/mol. The van der Waals surface area contributed by atoms with Gasteiger partial charge in [0, 0.05) is 27.8 Å².